The maximum Gasteiger partial charge on any atom is 0.260 e. The van der Waals surface area contributed by atoms with Crippen LogP contribution in [0.4, 0.5) is 0 Å². The SMILES string of the molecule is CC(C)n1cncc1CN1CCN(C(=O)COc2ccccc2)CC1. The number of benzene rings is 1. The number of aromatic nitrogens is 2. The van der Waals surface area contributed by atoms with Crippen LogP contribution in [0, 0.1) is 0 Å². The molecule has 1 fully saturated rings. The number of imidazole rings is 1. The van der Waals surface area contributed by atoms with E-state index in [1.807, 2.05) is 47.8 Å². The van der Waals surface area contributed by atoms with Gasteiger partial charge in [0.2, 0.25) is 0 Å². The molecule has 1 amide bonds. The van der Waals surface area contributed by atoms with Crippen LogP contribution < -0.4 is 4.74 Å². The average molecular weight is 342 g/mol. The van der Waals surface area contributed by atoms with Crippen LogP contribution in [-0.2, 0) is 11.3 Å². The van der Waals surface area contributed by atoms with Crippen LogP contribution in [-0.4, -0.2) is 58.0 Å². The van der Waals surface area contributed by atoms with Crippen molar-refractivity contribution in [2.75, 3.05) is 32.8 Å². The number of piperazine rings is 1. The molecule has 0 atom stereocenters. The van der Waals surface area contributed by atoms with Gasteiger partial charge in [0.05, 0.1) is 12.0 Å². The van der Waals surface area contributed by atoms with Gasteiger partial charge >= 0.3 is 0 Å². The van der Waals surface area contributed by atoms with Gasteiger partial charge in [-0.2, -0.15) is 0 Å². The van der Waals surface area contributed by atoms with Gasteiger partial charge < -0.3 is 14.2 Å². The Morgan fingerprint density at radius 3 is 2.56 bits per heavy atom. The predicted molar refractivity (Wildman–Crippen MR) is 96.4 cm³/mol. The molecule has 0 aliphatic carbocycles. The quantitative estimate of drug-likeness (QED) is 0.807. The minimum atomic E-state index is 0.0516. The first-order valence-electron chi connectivity index (χ1n) is 8.82. The number of rotatable bonds is 6. The summed E-state index contributed by atoms with van der Waals surface area (Å²) in [5.74, 6) is 0.784. The summed E-state index contributed by atoms with van der Waals surface area (Å²) in [6.45, 7) is 8.54. The number of ether oxygens (including phenoxy) is 1. The van der Waals surface area contributed by atoms with E-state index < -0.39 is 0 Å². The number of carbonyl (C=O) groups is 1. The van der Waals surface area contributed by atoms with Crippen LogP contribution >= 0.6 is 0 Å². The van der Waals surface area contributed by atoms with Crippen molar-refractivity contribution in [3.8, 4) is 5.75 Å². The highest BCUT2D eigenvalue weighted by atomic mass is 16.5. The first-order chi connectivity index (χ1) is 12.1. The molecule has 0 unspecified atom stereocenters. The normalized spacial score (nSPS) is 15.6. The molecule has 6 heteroatoms. The summed E-state index contributed by atoms with van der Waals surface area (Å²) in [7, 11) is 0. The topological polar surface area (TPSA) is 50.6 Å². The van der Waals surface area contributed by atoms with Crippen LogP contribution in [0.25, 0.3) is 0 Å². The summed E-state index contributed by atoms with van der Waals surface area (Å²) in [5, 5.41) is 0. The van der Waals surface area contributed by atoms with E-state index in [1.54, 1.807) is 0 Å². The van der Waals surface area contributed by atoms with Crippen molar-refractivity contribution < 1.29 is 9.53 Å². The summed E-state index contributed by atoms with van der Waals surface area (Å²) in [6, 6.07) is 9.88. The number of amides is 1. The van der Waals surface area contributed by atoms with E-state index in [9.17, 15) is 4.79 Å². The lowest BCUT2D eigenvalue weighted by Gasteiger charge is -2.34. The molecule has 0 saturated carbocycles. The molecule has 1 aliphatic heterocycles. The summed E-state index contributed by atoms with van der Waals surface area (Å²) in [6.07, 6.45) is 3.83. The molecular formula is C19H26N4O2. The second kappa shape index (κ2) is 8.16. The third kappa shape index (κ3) is 4.60. The van der Waals surface area contributed by atoms with E-state index in [2.05, 4.69) is 28.3 Å². The number of hydrogen-bond acceptors (Lipinski definition) is 4. The fraction of sp³-hybridized carbons (Fsp3) is 0.474. The van der Waals surface area contributed by atoms with Gasteiger partial charge in [0.25, 0.3) is 5.91 Å². The van der Waals surface area contributed by atoms with Crippen molar-refractivity contribution in [2.45, 2.75) is 26.4 Å². The molecule has 1 aromatic carbocycles. The van der Waals surface area contributed by atoms with Gasteiger partial charge in [-0.1, -0.05) is 18.2 Å². The second-order valence-electron chi connectivity index (χ2n) is 6.64. The van der Waals surface area contributed by atoms with Gasteiger partial charge in [-0.25, -0.2) is 4.98 Å². The van der Waals surface area contributed by atoms with Gasteiger partial charge in [-0.15, -0.1) is 0 Å². The zero-order valence-corrected chi connectivity index (χ0v) is 15.0. The van der Waals surface area contributed by atoms with E-state index in [4.69, 9.17) is 4.74 Å². The highest BCUT2D eigenvalue weighted by Crippen LogP contribution is 2.13. The zero-order valence-electron chi connectivity index (χ0n) is 15.0. The molecule has 25 heavy (non-hydrogen) atoms. The highest BCUT2D eigenvalue weighted by Gasteiger charge is 2.22. The van der Waals surface area contributed by atoms with Crippen LogP contribution in [0.5, 0.6) is 5.75 Å². The monoisotopic (exact) mass is 342 g/mol. The number of nitrogens with zero attached hydrogens (tertiary/aromatic N) is 4. The molecular weight excluding hydrogens is 316 g/mol. The van der Waals surface area contributed by atoms with Crippen molar-refractivity contribution in [1.29, 1.82) is 0 Å². The van der Waals surface area contributed by atoms with E-state index in [-0.39, 0.29) is 12.5 Å². The Balaban J connectivity index is 1.45. The molecule has 2 heterocycles. The van der Waals surface area contributed by atoms with Gasteiger partial charge in [-0.05, 0) is 26.0 Å². The van der Waals surface area contributed by atoms with Crippen LogP contribution in [0.2, 0.25) is 0 Å². The predicted octanol–water partition coefficient (Wildman–Crippen LogP) is 2.19. The third-order valence-electron chi connectivity index (χ3n) is 4.52. The lowest BCUT2D eigenvalue weighted by atomic mass is 10.2. The Labute approximate surface area is 149 Å². The minimum Gasteiger partial charge on any atom is -0.484 e. The number of carbonyl (C=O) groups excluding carboxylic acids is 1. The van der Waals surface area contributed by atoms with Crippen molar-refractivity contribution in [3.05, 3.63) is 48.5 Å². The van der Waals surface area contributed by atoms with Gasteiger partial charge in [0, 0.05) is 45.0 Å². The Morgan fingerprint density at radius 1 is 1.16 bits per heavy atom. The van der Waals surface area contributed by atoms with Crippen molar-refractivity contribution >= 4 is 5.91 Å². The Hall–Kier alpha value is -2.34. The molecule has 134 valence electrons. The Bertz CT molecular complexity index is 676. The molecule has 6 nitrogen and oxygen atoms in total. The summed E-state index contributed by atoms with van der Waals surface area (Å²) in [5.41, 5.74) is 1.22. The summed E-state index contributed by atoms with van der Waals surface area (Å²) in [4.78, 5) is 20.8. The van der Waals surface area contributed by atoms with Gasteiger partial charge in [0.15, 0.2) is 6.61 Å². The fourth-order valence-electron chi connectivity index (χ4n) is 3.06. The zero-order chi connectivity index (χ0) is 17.6. The summed E-state index contributed by atoms with van der Waals surface area (Å²) >= 11 is 0. The Morgan fingerprint density at radius 2 is 1.88 bits per heavy atom. The molecule has 0 spiro atoms. The lowest BCUT2D eigenvalue weighted by Crippen LogP contribution is -2.49. The first-order valence-corrected chi connectivity index (χ1v) is 8.82. The maximum absolute atomic E-state index is 12.3. The van der Waals surface area contributed by atoms with Gasteiger partial charge in [-0.3, -0.25) is 9.69 Å². The number of hydrogen-bond donors (Lipinski definition) is 0. The molecule has 0 bridgehead atoms. The maximum atomic E-state index is 12.3. The van der Waals surface area contributed by atoms with Crippen LogP contribution in [0.3, 0.4) is 0 Å². The highest BCUT2D eigenvalue weighted by molar-refractivity contribution is 5.77. The molecule has 1 aromatic heterocycles. The van der Waals surface area contributed by atoms with Gasteiger partial charge in [0.1, 0.15) is 5.75 Å². The minimum absolute atomic E-state index is 0.0516. The van der Waals surface area contributed by atoms with Crippen LogP contribution in [0.15, 0.2) is 42.9 Å². The molecule has 3 rings (SSSR count). The van der Waals surface area contributed by atoms with Crippen molar-refractivity contribution in [2.24, 2.45) is 0 Å². The summed E-state index contributed by atoms with van der Waals surface area (Å²) < 4.78 is 7.76. The lowest BCUT2D eigenvalue weighted by molar-refractivity contribution is -0.135. The van der Waals surface area contributed by atoms with E-state index in [0.29, 0.717) is 6.04 Å². The molecule has 1 aliphatic rings. The second-order valence-corrected chi connectivity index (χ2v) is 6.64. The molecule has 2 aromatic rings. The molecule has 0 N–H and O–H groups in total. The average Bonchev–Trinajstić information content (AvgIpc) is 3.09. The third-order valence-corrected chi connectivity index (χ3v) is 4.52. The van der Waals surface area contributed by atoms with E-state index >= 15 is 0 Å². The van der Waals surface area contributed by atoms with E-state index in [1.165, 1.54) is 5.69 Å². The van der Waals surface area contributed by atoms with Crippen LogP contribution in [0.1, 0.15) is 25.6 Å². The number of para-hydroxylation sites is 1. The Kier molecular flexibility index (Phi) is 5.71. The van der Waals surface area contributed by atoms with Crippen molar-refractivity contribution in [3.63, 3.8) is 0 Å². The molecule has 1 saturated heterocycles. The standard InChI is InChI=1S/C19H26N4O2/c1-16(2)23-15-20-12-17(23)13-21-8-10-22(11-9-21)19(24)14-25-18-6-4-3-5-7-18/h3-7,12,15-16H,8-11,13-14H2,1-2H3. The first kappa shape index (κ1) is 17.5. The largest absolute Gasteiger partial charge is 0.484 e. The van der Waals surface area contributed by atoms with E-state index in [0.717, 1.165) is 38.5 Å². The van der Waals surface area contributed by atoms with Crippen molar-refractivity contribution in [1.82, 2.24) is 19.4 Å². The fourth-order valence-corrected chi connectivity index (χ4v) is 3.06. The molecule has 0 radical (unpaired) electrons. The smallest absolute Gasteiger partial charge is 0.260 e.